The SMILES string of the molecule is S=c1nc(-c2csc(CCN3CCCC3)n2)[nH][nH]1. The highest BCUT2D eigenvalue weighted by Crippen LogP contribution is 2.19. The smallest absolute Gasteiger partial charge is 0.213 e. The van der Waals surface area contributed by atoms with Gasteiger partial charge < -0.3 is 4.90 Å². The highest BCUT2D eigenvalue weighted by atomic mass is 32.1. The second-order valence-electron chi connectivity index (χ2n) is 4.44. The number of H-pyrrole nitrogens is 2. The van der Waals surface area contributed by atoms with Gasteiger partial charge in [0.2, 0.25) is 4.77 Å². The van der Waals surface area contributed by atoms with Crippen LogP contribution in [0.4, 0.5) is 0 Å². The Kier molecular flexibility index (Phi) is 3.53. The quantitative estimate of drug-likeness (QED) is 0.844. The number of rotatable bonds is 4. The van der Waals surface area contributed by atoms with Gasteiger partial charge in [-0.2, -0.15) is 4.98 Å². The average Bonchev–Trinajstić information content (AvgIpc) is 3.07. The normalized spacial score (nSPS) is 16.4. The molecule has 1 fully saturated rings. The Hall–Kier alpha value is -1.05. The fourth-order valence-corrected chi connectivity index (χ4v) is 3.10. The molecule has 18 heavy (non-hydrogen) atoms. The third-order valence-electron chi connectivity index (χ3n) is 3.14. The first-order chi connectivity index (χ1) is 8.81. The van der Waals surface area contributed by atoms with Crippen molar-refractivity contribution < 1.29 is 0 Å². The zero-order valence-electron chi connectivity index (χ0n) is 9.98. The molecule has 5 nitrogen and oxygen atoms in total. The van der Waals surface area contributed by atoms with E-state index in [0.29, 0.717) is 4.77 Å². The molecule has 2 aromatic heterocycles. The van der Waals surface area contributed by atoms with E-state index in [1.54, 1.807) is 11.3 Å². The Morgan fingerprint density at radius 1 is 1.28 bits per heavy atom. The van der Waals surface area contributed by atoms with Gasteiger partial charge in [0.1, 0.15) is 5.69 Å². The lowest BCUT2D eigenvalue weighted by atomic mass is 10.4. The van der Waals surface area contributed by atoms with Gasteiger partial charge in [-0.3, -0.25) is 10.2 Å². The predicted octanol–water partition coefficient (Wildman–Crippen LogP) is 2.23. The summed E-state index contributed by atoms with van der Waals surface area (Å²) in [5, 5.41) is 8.91. The van der Waals surface area contributed by atoms with Crippen LogP contribution in [-0.4, -0.2) is 44.7 Å². The minimum absolute atomic E-state index is 0.469. The monoisotopic (exact) mass is 281 g/mol. The molecule has 0 aromatic carbocycles. The summed E-state index contributed by atoms with van der Waals surface area (Å²) in [4.78, 5) is 11.3. The number of likely N-dealkylation sites (tertiary alicyclic amines) is 1. The van der Waals surface area contributed by atoms with Crippen LogP contribution < -0.4 is 0 Å². The van der Waals surface area contributed by atoms with Gasteiger partial charge in [-0.05, 0) is 38.1 Å². The molecule has 0 atom stereocenters. The van der Waals surface area contributed by atoms with Crippen molar-refractivity contribution in [2.45, 2.75) is 19.3 Å². The van der Waals surface area contributed by atoms with E-state index < -0.39 is 0 Å². The number of nitrogens with one attached hydrogen (secondary N) is 2. The summed E-state index contributed by atoms with van der Waals surface area (Å²) >= 11 is 6.63. The van der Waals surface area contributed by atoms with Gasteiger partial charge in [-0.15, -0.1) is 11.3 Å². The minimum Gasteiger partial charge on any atom is -0.303 e. The van der Waals surface area contributed by atoms with Crippen LogP contribution in [0.2, 0.25) is 0 Å². The highest BCUT2D eigenvalue weighted by molar-refractivity contribution is 7.71. The maximum atomic E-state index is 4.93. The largest absolute Gasteiger partial charge is 0.303 e. The van der Waals surface area contributed by atoms with Crippen molar-refractivity contribution in [3.05, 3.63) is 15.2 Å². The van der Waals surface area contributed by atoms with E-state index in [1.165, 1.54) is 30.9 Å². The number of nitrogens with zero attached hydrogens (tertiary/aromatic N) is 3. The molecule has 0 bridgehead atoms. The van der Waals surface area contributed by atoms with Gasteiger partial charge in [0.15, 0.2) is 5.82 Å². The molecule has 3 rings (SSSR count). The van der Waals surface area contributed by atoms with E-state index in [-0.39, 0.29) is 0 Å². The molecule has 3 heterocycles. The molecule has 0 unspecified atom stereocenters. The Morgan fingerprint density at radius 3 is 2.83 bits per heavy atom. The zero-order valence-corrected chi connectivity index (χ0v) is 11.6. The van der Waals surface area contributed by atoms with Crippen molar-refractivity contribution in [1.82, 2.24) is 25.1 Å². The lowest BCUT2D eigenvalue weighted by Gasteiger charge is -2.12. The van der Waals surface area contributed by atoms with Crippen LogP contribution in [0.3, 0.4) is 0 Å². The minimum atomic E-state index is 0.469. The molecule has 7 heteroatoms. The first kappa shape index (κ1) is 12.0. The fraction of sp³-hybridized carbons (Fsp3) is 0.545. The van der Waals surface area contributed by atoms with Crippen molar-refractivity contribution in [1.29, 1.82) is 0 Å². The van der Waals surface area contributed by atoms with Gasteiger partial charge in [0.05, 0.1) is 5.01 Å². The van der Waals surface area contributed by atoms with Gasteiger partial charge in [0, 0.05) is 18.3 Å². The van der Waals surface area contributed by atoms with E-state index in [0.717, 1.165) is 24.5 Å². The lowest BCUT2D eigenvalue weighted by molar-refractivity contribution is 0.343. The van der Waals surface area contributed by atoms with E-state index in [2.05, 4.69) is 25.1 Å². The van der Waals surface area contributed by atoms with Crippen LogP contribution in [0.5, 0.6) is 0 Å². The zero-order chi connectivity index (χ0) is 12.4. The number of thiazole rings is 1. The third kappa shape index (κ3) is 2.68. The molecule has 96 valence electrons. The summed E-state index contributed by atoms with van der Waals surface area (Å²) in [6, 6.07) is 0. The first-order valence-corrected chi connectivity index (χ1v) is 7.42. The molecule has 0 saturated carbocycles. The molecule has 0 radical (unpaired) electrons. The summed E-state index contributed by atoms with van der Waals surface area (Å²) in [7, 11) is 0. The van der Waals surface area contributed by atoms with Crippen molar-refractivity contribution in [2.75, 3.05) is 19.6 Å². The summed E-state index contributed by atoms with van der Waals surface area (Å²) in [6.45, 7) is 3.60. The summed E-state index contributed by atoms with van der Waals surface area (Å²) in [6.07, 6.45) is 3.70. The van der Waals surface area contributed by atoms with E-state index >= 15 is 0 Å². The molecule has 2 aromatic rings. The molecule has 0 aliphatic carbocycles. The van der Waals surface area contributed by atoms with Crippen LogP contribution in [-0.2, 0) is 6.42 Å². The van der Waals surface area contributed by atoms with Crippen LogP contribution in [0, 0.1) is 4.77 Å². The van der Waals surface area contributed by atoms with Gasteiger partial charge >= 0.3 is 0 Å². The summed E-state index contributed by atoms with van der Waals surface area (Å²) in [5.74, 6) is 0.726. The van der Waals surface area contributed by atoms with Crippen LogP contribution in [0.25, 0.3) is 11.5 Å². The molecule has 0 spiro atoms. The second kappa shape index (κ2) is 5.29. The number of hydrogen-bond donors (Lipinski definition) is 2. The van der Waals surface area contributed by atoms with Crippen molar-refractivity contribution in [3.8, 4) is 11.5 Å². The molecule has 1 saturated heterocycles. The Morgan fingerprint density at radius 2 is 2.11 bits per heavy atom. The Bertz CT molecular complexity index is 564. The van der Waals surface area contributed by atoms with Crippen molar-refractivity contribution >= 4 is 23.6 Å². The highest BCUT2D eigenvalue weighted by Gasteiger charge is 2.12. The molecular formula is C11H15N5S2. The summed E-state index contributed by atoms with van der Waals surface area (Å²) < 4.78 is 0.469. The van der Waals surface area contributed by atoms with Crippen LogP contribution >= 0.6 is 23.6 Å². The van der Waals surface area contributed by atoms with Gasteiger partial charge in [0.25, 0.3) is 0 Å². The second-order valence-corrected chi connectivity index (χ2v) is 5.77. The van der Waals surface area contributed by atoms with Gasteiger partial charge in [-0.25, -0.2) is 4.98 Å². The third-order valence-corrected chi connectivity index (χ3v) is 4.24. The molecule has 2 N–H and O–H groups in total. The summed E-state index contributed by atoms with van der Waals surface area (Å²) in [5.41, 5.74) is 0.878. The van der Waals surface area contributed by atoms with Crippen molar-refractivity contribution in [2.24, 2.45) is 0 Å². The maximum Gasteiger partial charge on any atom is 0.213 e. The van der Waals surface area contributed by atoms with Crippen molar-refractivity contribution in [3.63, 3.8) is 0 Å². The fourth-order valence-electron chi connectivity index (χ4n) is 2.19. The predicted molar refractivity (Wildman–Crippen MR) is 74.3 cm³/mol. The van der Waals surface area contributed by atoms with E-state index in [4.69, 9.17) is 12.2 Å². The first-order valence-electron chi connectivity index (χ1n) is 6.13. The van der Waals surface area contributed by atoms with Crippen LogP contribution in [0.15, 0.2) is 5.38 Å². The van der Waals surface area contributed by atoms with E-state index in [9.17, 15) is 0 Å². The average molecular weight is 281 g/mol. The Labute approximate surface area is 114 Å². The lowest BCUT2D eigenvalue weighted by Crippen LogP contribution is -2.21. The van der Waals surface area contributed by atoms with E-state index in [1.807, 2.05) is 5.38 Å². The Balaban J connectivity index is 1.64. The molecule has 0 amide bonds. The molecular weight excluding hydrogens is 266 g/mol. The number of hydrogen-bond acceptors (Lipinski definition) is 5. The van der Waals surface area contributed by atoms with Crippen LogP contribution in [0.1, 0.15) is 17.8 Å². The molecule has 1 aliphatic rings. The number of aromatic nitrogens is 4. The number of aromatic amines is 2. The maximum absolute atomic E-state index is 4.93. The topological polar surface area (TPSA) is 60.6 Å². The standard InChI is InChI=1S/C11H15N5S2/c17-11-13-10(14-15-11)8-7-18-9(12-8)3-6-16-4-1-2-5-16/h7H,1-6H2,(H2,13,14,15,17). The van der Waals surface area contributed by atoms with Gasteiger partial charge in [-0.1, -0.05) is 0 Å². The molecule has 1 aliphatic heterocycles.